The van der Waals surface area contributed by atoms with Crippen molar-refractivity contribution in [3.05, 3.63) is 12.7 Å². The Bertz CT molecular complexity index is 240. The van der Waals surface area contributed by atoms with Crippen molar-refractivity contribution in [1.82, 2.24) is 10.6 Å². The molecular formula is C9H16N2O4. The minimum atomic E-state index is -1.27. The molecule has 1 amide bonds. The van der Waals surface area contributed by atoms with Crippen LogP contribution in [0, 0.1) is 0 Å². The smallest absolute Gasteiger partial charge is 0.328 e. The van der Waals surface area contributed by atoms with E-state index in [9.17, 15) is 9.59 Å². The van der Waals surface area contributed by atoms with Gasteiger partial charge in [-0.3, -0.25) is 4.79 Å². The first-order chi connectivity index (χ1) is 6.99. The number of aliphatic hydroxyl groups is 1. The van der Waals surface area contributed by atoms with Crippen LogP contribution in [0.2, 0.25) is 0 Å². The molecule has 0 aromatic rings. The maximum atomic E-state index is 11.2. The van der Waals surface area contributed by atoms with Gasteiger partial charge < -0.3 is 20.8 Å². The summed E-state index contributed by atoms with van der Waals surface area (Å²) in [6.45, 7) is 5.20. The van der Waals surface area contributed by atoms with E-state index < -0.39 is 24.0 Å². The second-order valence-corrected chi connectivity index (χ2v) is 3.04. The molecule has 0 aliphatic rings. The van der Waals surface area contributed by atoms with Crippen molar-refractivity contribution in [2.24, 2.45) is 0 Å². The Morgan fingerprint density at radius 2 is 2.13 bits per heavy atom. The minimum absolute atomic E-state index is 0.0114. The van der Waals surface area contributed by atoms with Gasteiger partial charge in [-0.2, -0.15) is 0 Å². The molecule has 0 spiro atoms. The summed E-state index contributed by atoms with van der Waals surface area (Å²) in [6, 6.07) is -1.27. The summed E-state index contributed by atoms with van der Waals surface area (Å²) < 4.78 is 0. The van der Waals surface area contributed by atoms with Crippen molar-refractivity contribution < 1.29 is 19.8 Å². The molecule has 0 heterocycles. The van der Waals surface area contributed by atoms with Crippen LogP contribution in [0.1, 0.15) is 6.92 Å². The number of amides is 1. The first kappa shape index (κ1) is 13.6. The average Bonchev–Trinajstić information content (AvgIpc) is 2.13. The molecule has 6 nitrogen and oxygen atoms in total. The fourth-order valence-corrected chi connectivity index (χ4v) is 0.901. The molecule has 6 heteroatoms. The second-order valence-electron chi connectivity index (χ2n) is 3.04. The number of aliphatic hydroxyl groups excluding tert-OH is 1. The lowest BCUT2D eigenvalue weighted by Gasteiger charge is -2.16. The Morgan fingerprint density at radius 3 is 2.53 bits per heavy atom. The molecule has 0 aromatic carbocycles. The van der Waals surface area contributed by atoms with Crippen molar-refractivity contribution in [3.63, 3.8) is 0 Å². The van der Waals surface area contributed by atoms with Gasteiger partial charge in [0.1, 0.15) is 0 Å². The van der Waals surface area contributed by atoms with Crippen molar-refractivity contribution in [3.8, 4) is 0 Å². The van der Waals surface area contributed by atoms with Gasteiger partial charge in [0.15, 0.2) is 6.04 Å². The Balaban J connectivity index is 4.00. The van der Waals surface area contributed by atoms with Crippen molar-refractivity contribution in [2.75, 3.05) is 13.1 Å². The van der Waals surface area contributed by atoms with Crippen LogP contribution < -0.4 is 10.6 Å². The van der Waals surface area contributed by atoms with E-state index in [0.717, 1.165) is 0 Å². The van der Waals surface area contributed by atoms with Gasteiger partial charge in [0.25, 0.3) is 0 Å². The molecule has 4 N–H and O–H groups in total. The SMILES string of the molecule is C=CCNCC(=O)N[C@H](C(=O)O)[C@@H](C)O. The Hall–Kier alpha value is -1.40. The molecule has 0 unspecified atom stereocenters. The Kier molecular flexibility index (Phi) is 6.32. The molecule has 0 rings (SSSR count). The summed E-state index contributed by atoms with van der Waals surface area (Å²) in [5, 5.41) is 22.6. The largest absolute Gasteiger partial charge is 0.480 e. The van der Waals surface area contributed by atoms with E-state index in [1.54, 1.807) is 6.08 Å². The normalized spacial score (nSPS) is 14.0. The number of carboxylic acid groups (broad SMARTS) is 1. The van der Waals surface area contributed by atoms with E-state index >= 15 is 0 Å². The Morgan fingerprint density at radius 1 is 1.53 bits per heavy atom. The third kappa shape index (κ3) is 5.82. The highest BCUT2D eigenvalue weighted by Gasteiger charge is 2.24. The standard InChI is InChI=1S/C9H16N2O4/c1-3-4-10-5-7(13)11-8(6(2)12)9(14)15/h3,6,8,10,12H,1,4-5H2,2H3,(H,11,13)(H,14,15)/t6-,8+/m1/s1. The zero-order valence-corrected chi connectivity index (χ0v) is 8.56. The van der Waals surface area contributed by atoms with Crippen LogP contribution in [0.25, 0.3) is 0 Å². The van der Waals surface area contributed by atoms with Gasteiger partial charge in [-0.05, 0) is 6.92 Å². The van der Waals surface area contributed by atoms with Crippen LogP contribution in [0.5, 0.6) is 0 Å². The lowest BCUT2D eigenvalue weighted by atomic mass is 10.2. The quantitative estimate of drug-likeness (QED) is 0.313. The third-order valence-electron chi connectivity index (χ3n) is 1.64. The summed E-state index contributed by atoms with van der Waals surface area (Å²) >= 11 is 0. The second kappa shape index (κ2) is 6.97. The van der Waals surface area contributed by atoms with Gasteiger partial charge >= 0.3 is 5.97 Å². The average molecular weight is 216 g/mol. The Labute approximate surface area is 88.0 Å². The van der Waals surface area contributed by atoms with E-state index in [2.05, 4.69) is 17.2 Å². The van der Waals surface area contributed by atoms with Gasteiger partial charge in [-0.15, -0.1) is 6.58 Å². The van der Waals surface area contributed by atoms with Gasteiger partial charge in [0.2, 0.25) is 5.91 Å². The van der Waals surface area contributed by atoms with E-state index in [1.807, 2.05) is 0 Å². The summed E-state index contributed by atoms with van der Waals surface area (Å²) in [6.07, 6.45) is 0.447. The molecule has 0 fully saturated rings. The molecule has 0 saturated carbocycles. The van der Waals surface area contributed by atoms with Crippen molar-refractivity contribution in [1.29, 1.82) is 0 Å². The molecule has 15 heavy (non-hydrogen) atoms. The monoisotopic (exact) mass is 216 g/mol. The zero-order chi connectivity index (χ0) is 11.8. The fourth-order valence-electron chi connectivity index (χ4n) is 0.901. The van der Waals surface area contributed by atoms with Crippen LogP contribution in [-0.2, 0) is 9.59 Å². The number of carbonyl (C=O) groups excluding carboxylic acids is 1. The molecule has 0 bridgehead atoms. The van der Waals surface area contributed by atoms with E-state index in [0.29, 0.717) is 6.54 Å². The van der Waals surface area contributed by atoms with E-state index in [-0.39, 0.29) is 6.54 Å². The first-order valence-corrected chi connectivity index (χ1v) is 4.51. The predicted octanol–water partition coefficient (Wildman–Crippen LogP) is -1.29. The summed E-state index contributed by atoms with van der Waals surface area (Å²) in [5.74, 6) is -1.74. The zero-order valence-electron chi connectivity index (χ0n) is 8.56. The van der Waals surface area contributed by atoms with Gasteiger partial charge in [-0.25, -0.2) is 4.79 Å². The summed E-state index contributed by atoms with van der Waals surface area (Å²) in [5.41, 5.74) is 0. The summed E-state index contributed by atoms with van der Waals surface area (Å²) in [7, 11) is 0. The lowest BCUT2D eigenvalue weighted by molar-refractivity contribution is -0.144. The molecule has 2 atom stereocenters. The number of rotatable bonds is 7. The highest BCUT2D eigenvalue weighted by molar-refractivity contribution is 5.85. The molecule has 86 valence electrons. The molecule has 0 aliphatic carbocycles. The lowest BCUT2D eigenvalue weighted by Crippen LogP contribution is -2.50. The van der Waals surface area contributed by atoms with Gasteiger partial charge in [0.05, 0.1) is 12.6 Å². The van der Waals surface area contributed by atoms with Crippen LogP contribution >= 0.6 is 0 Å². The number of carbonyl (C=O) groups is 2. The highest BCUT2D eigenvalue weighted by Crippen LogP contribution is 1.92. The number of aliphatic carboxylic acids is 1. The molecule has 0 aliphatic heterocycles. The van der Waals surface area contributed by atoms with E-state index in [4.69, 9.17) is 10.2 Å². The minimum Gasteiger partial charge on any atom is -0.480 e. The molecule has 0 saturated heterocycles. The third-order valence-corrected chi connectivity index (χ3v) is 1.64. The van der Waals surface area contributed by atoms with Crippen LogP contribution in [0.3, 0.4) is 0 Å². The molecular weight excluding hydrogens is 200 g/mol. The number of hydrogen-bond donors (Lipinski definition) is 4. The highest BCUT2D eigenvalue weighted by atomic mass is 16.4. The topological polar surface area (TPSA) is 98.7 Å². The van der Waals surface area contributed by atoms with Crippen LogP contribution in [-0.4, -0.2) is 47.3 Å². The number of hydrogen-bond acceptors (Lipinski definition) is 4. The van der Waals surface area contributed by atoms with Gasteiger partial charge in [-0.1, -0.05) is 6.08 Å². The molecule has 0 radical (unpaired) electrons. The predicted molar refractivity (Wildman–Crippen MR) is 54.3 cm³/mol. The maximum absolute atomic E-state index is 11.2. The summed E-state index contributed by atoms with van der Waals surface area (Å²) in [4.78, 5) is 21.7. The number of nitrogens with one attached hydrogen (secondary N) is 2. The molecule has 0 aromatic heterocycles. The number of carboxylic acids is 1. The van der Waals surface area contributed by atoms with Crippen LogP contribution in [0.15, 0.2) is 12.7 Å². The fraction of sp³-hybridized carbons (Fsp3) is 0.556. The van der Waals surface area contributed by atoms with Crippen LogP contribution in [0.4, 0.5) is 0 Å². The van der Waals surface area contributed by atoms with Gasteiger partial charge in [0, 0.05) is 6.54 Å². The van der Waals surface area contributed by atoms with Crippen molar-refractivity contribution >= 4 is 11.9 Å². The first-order valence-electron chi connectivity index (χ1n) is 4.51. The van der Waals surface area contributed by atoms with Crippen molar-refractivity contribution in [2.45, 2.75) is 19.1 Å². The maximum Gasteiger partial charge on any atom is 0.328 e. The van der Waals surface area contributed by atoms with E-state index in [1.165, 1.54) is 6.92 Å².